The number of nitrogens with zero attached hydrogens (tertiary/aromatic N) is 2. The van der Waals surface area contributed by atoms with Gasteiger partial charge in [0.25, 0.3) is 0 Å². The van der Waals surface area contributed by atoms with Crippen molar-refractivity contribution in [2.24, 2.45) is 0 Å². The molecule has 6 heteroatoms. The number of hydrogen-bond acceptors (Lipinski definition) is 4. The Bertz CT molecular complexity index is 443. The maximum Gasteiger partial charge on any atom is 0.148 e. The summed E-state index contributed by atoms with van der Waals surface area (Å²) in [5.74, 6) is 1.59. The van der Waals surface area contributed by atoms with E-state index in [1.807, 2.05) is 6.92 Å². The number of nitrogens with one attached hydrogen (secondary N) is 1. The third-order valence-corrected chi connectivity index (χ3v) is 4.61. The third kappa shape index (κ3) is 7.77. The van der Waals surface area contributed by atoms with E-state index < -0.39 is 10.8 Å². The highest BCUT2D eigenvalue weighted by molar-refractivity contribution is 7.84. The lowest BCUT2D eigenvalue weighted by Gasteiger charge is -2.09. The molecule has 0 aliphatic heterocycles. The van der Waals surface area contributed by atoms with E-state index in [1.54, 1.807) is 12.6 Å². The smallest absolute Gasteiger partial charge is 0.148 e. The van der Waals surface area contributed by atoms with Gasteiger partial charge in [0.1, 0.15) is 17.2 Å². The molecule has 1 unspecified atom stereocenters. The van der Waals surface area contributed by atoms with Gasteiger partial charge < -0.3 is 5.32 Å². The van der Waals surface area contributed by atoms with Gasteiger partial charge in [-0.15, -0.1) is 0 Å². The van der Waals surface area contributed by atoms with Crippen LogP contribution < -0.4 is 5.32 Å². The molecule has 0 fully saturated rings. The van der Waals surface area contributed by atoms with Crippen LogP contribution >= 0.6 is 11.6 Å². The van der Waals surface area contributed by atoms with E-state index in [9.17, 15) is 4.21 Å². The molecule has 0 spiro atoms. The number of anilines is 1. The lowest BCUT2D eigenvalue weighted by Crippen LogP contribution is -2.06. The predicted octanol–water partition coefficient (Wildman–Crippen LogP) is 3.82. The van der Waals surface area contributed by atoms with Gasteiger partial charge >= 0.3 is 0 Å². The number of aromatic nitrogens is 2. The molecule has 0 aliphatic carbocycles. The Hall–Kier alpha value is -0.680. The summed E-state index contributed by atoms with van der Waals surface area (Å²) in [6.07, 6.45) is 11.2. The summed E-state index contributed by atoms with van der Waals surface area (Å²) < 4.78 is 10.9. The van der Waals surface area contributed by atoms with E-state index in [-0.39, 0.29) is 0 Å². The summed E-state index contributed by atoms with van der Waals surface area (Å²) in [6.45, 7) is 2.92. The number of halogens is 1. The zero-order valence-corrected chi connectivity index (χ0v) is 14.6. The zero-order chi connectivity index (χ0) is 15.5. The Morgan fingerprint density at radius 1 is 1.14 bits per heavy atom. The van der Waals surface area contributed by atoms with Crippen molar-refractivity contribution >= 4 is 28.2 Å². The van der Waals surface area contributed by atoms with Crippen molar-refractivity contribution in [3.05, 3.63) is 17.0 Å². The van der Waals surface area contributed by atoms with Gasteiger partial charge in [0.15, 0.2) is 0 Å². The molecular formula is C15H26ClN3OS. The van der Waals surface area contributed by atoms with Gasteiger partial charge in [-0.25, -0.2) is 9.97 Å². The van der Waals surface area contributed by atoms with Crippen LogP contribution in [0.1, 0.15) is 51.1 Å². The molecule has 4 nitrogen and oxygen atoms in total. The van der Waals surface area contributed by atoms with Gasteiger partial charge in [0.2, 0.25) is 0 Å². The van der Waals surface area contributed by atoms with Crippen molar-refractivity contribution in [2.75, 3.05) is 23.9 Å². The second-order valence-electron chi connectivity index (χ2n) is 5.16. The van der Waals surface area contributed by atoms with E-state index in [0.29, 0.717) is 5.02 Å². The zero-order valence-electron chi connectivity index (χ0n) is 13.0. The third-order valence-electron chi connectivity index (χ3n) is 3.35. The lowest BCUT2D eigenvalue weighted by atomic mass is 10.1. The van der Waals surface area contributed by atoms with Gasteiger partial charge in [-0.05, 0) is 19.3 Å². The normalized spacial score (nSPS) is 12.3. The molecule has 21 heavy (non-hydrogen) atoms. The Kier molecular flexibility index (Phi) is 9.59. The number of hydrogen-bond donors (Lipinski definition) is 1. The molecule has 1 rings (SSSR count). The fraction of sp³-hybridized carbons (Fsp3) is 0.733. The van der Waals surface area contributed by atoms with Crippen molar-refractivity contribution in [1.82, 2.24) is 9.97 Å². The van der Waals surface area contributed by atoms with Gasteiger partial charge in [-0.2, -0.15) is 0 Å². The molecule has 0 aliphatic rings. The number of aryl methyl sites for hydroxylation is 1. The minimum absolute atomic E-state index is 0.637. The Morgan fingerprint density at radius 2 is 1.81 bits per heavy atom. The Labute approximate surface area is 135 Å². The van der Waals surface area contributed by atoms with Crippen molar-refractivity contribution in [2.45, 2.75) is 51.9 Å². The van der Waals surface area contributed by atoms with Crippen LogP contribution in [0.3, 0.4) is 0 Å². The van der Waals surface area contributed by atoms with Crippen molar-refractivity contribution in [3.63, 3.8) is 0 Å². The molecular weight excluding hydrogens is 306 g/mol. The van der Waals surface area contributed by atoms with Gasteiger partial charge in [-0.1, -0.05) is 44.2 Å². The minimum atomic E-state index is -0.637. The topological polar surface area (TPSA) is 54.9 Å². The quantitative estimate of drug-likeness (QED) is 0.626. The van der Waals surface area contributed by atoms with E-state index in [4.69, 9.17) is 11.6 Å². The first kappa shape index (κ1) is 18.4. The summed E-state index contributed by atoms with van der Waals surface area (Å²) >= 11 is 6.22. The average Bonchev–Trinajstić information content (AvgIpc) is 2.46. The van der Waals surface area contributed by atoms with Crippen LogP contribution in [-0.4, -0.2) is 32.7 Å². The van der Waals surface area contributed by atoms with Crippen LogP contribution in [0.2, 0.25) is 5.02 Å². The molecule has 0 amide bonds. The summed E-state index contributed by atoms with van der Waals surface area (Å²) in [5.41, 5.74) is 0.891. The first-order valence-corrected chi connectivity index (χ1v) is 9.79. The Balaban J connectivity index is 2.08. The van der Waals surface area contributed by atoms with E-state index in [2.05, 4.69) is 15.3 Å². The van der Waals surface area contributed by atoms with Gasteiger partial charge in [0.05, 0.1) is 5.69 Å². The second-order valence-corrected chi connectivity index (χ2v) is 7.09. The molecule has 1 N–H and O–H groups in total. The summed E-state index contributed by atoms with van der Waals surface area (Å²) in [5, 5.41) is 3.93. The van der Waals surface area contributed by atoms with E-state index in [1.165, 1.54) is 25.7 Å². The lowest BCUT2D eigenvalue weighted by molar-refractivity contribution is 0.615. The highest BCUT2D eigenvalue weighted by Gasteiger charge is 2.06. The monoisotopic (exact) mass is 331 g/mol. The predicted molar refractivity (Wildman–Crippen MR) is 91.5 cm³/mol. The SMILES string of the molecule is CCc1ncnc(NCCCCCCCCS(C)=O)c1Cl. The maximum absolute atomic E-state index is 10.9. The summed E-state index contributed by atoms with van der Waals surface area (Å²) in [6, 6.07) is 0. The molecule has 0 bridgehead atoms. The number of rotatable bonds is 11. The minimum Gasteiger partial charge on any atom is -0.369 e. The fourth-order valence-electron chi connectivity index (χ4n) is 2.12. The van der Waals surface area contributed by atoms with Crippen LogP contribution in [0.5, 0.6) is 0 Å². The molecule has 1 atom stereocenters. The van der Waals surface area contributed by atoms with Crippen LogP contribution in [0.15, 0.2) is 6.33 Å². The molecule has 1 aromatic heterocycles. The number of unbranched alkanes of at least 4 members (excludes halogenated alkanes) is 5. The molecule has 0 radical (unpaired) electrons. The maximum atomic E-state index is 10.9. The standard InChI is InChI=1S/C15H26ClN3OS/c1-3-13-14(16)15(19-12-18-13)17-10-8-6-4-5-7-9-11-21(2)20/h12H,3-11H2,1-2H3,(H,17,18,19). The van der Waals surface area contributed by atoms with Crippen LogP contribution in [-0.2, 0) is 17.2 Å². The molecule has 120 valence electrons. The average molecular weight is 332 g/mol. The largest absolute Gasteiger partial charge is 0.369 e. The summed E-state index contributed by atoms with van der Waals surface area (Å²) in [4.78, 5) is 8.33. The molecule has 0 saturated carbocycles. The van der Waals surface area contributed by atoms with Crippen LogP contribution in [0.4, 0.5) is 5.82 Å². The molecule has 0 aromatic carbocycles. The fourth-order valence-corrected chi connectivity index (χ4v) is 3.03. The first-order valence-electron chi connectivity index (χ1n) is 7.68. The van der Waals surface area contributed by atoms with E-state index in [0.717, 1.165) is 43.1 Å². The van der Waals surface area contributed by atoms with Crippen molar-refractivity contribution in [3.8, 4) is 0 Å². The van der Waals surface area contributed by atoms with E-state index >= 15 is 0 Å². The van der Waals surface area contributed by atoms with Crippen molar-refractivity contribution in [1.29, 1.82) is 0 Å². The van der Waals surface area contributed by atoms with Crippen molar-refractivity contribution < 1.29 is 4.21 Å². The highest BCUT2D eigenvalue weighted by atomic mass is 35.5. The molecule has 0 saturated heterocycles. The molecule has 1 aromatic rings. The second kappa shape index (κ2) is 11.0. The van der Waals surface area contributed by atoms with Crippen LogP contribution in [0.25, 0.3) is 0 Å². The molecule has 1 heterocycles. The first-order chi connectivity index (χ1) is 10.1. The van der Waals surface area contributed by atoms with Gasteiger partial charge in [-0.3, -0.25) is 4.21 Å². The Morgan fingerprint density at radius 3 is 2.48 bits per heavy atom. The summed E-state index contributed by atoms with van der Waals surface area (Å²) in [7, 11) is -0.637. The highest BCUT2D eigenvalue weighted by Crippen LogP contribution is 2.22. The van der Waals surface area contributed by atoms with Gasteiger partial charge in [0, 0.05) is 29.4 Å². The van der Waals surface area contributed by atoms with Crippen LogP contribution in [0, 0.1) is 0 Å².